The standard InChI is InChI=1S/C10H13Cl2N5/c1-6(11)9-5-17(15-13-9)4-8-7(2)14-16(3)10(8)12/h5-6H,4H2,1-3H3. The lowest BCUT2D eigenvalue weighted by atomic mass is 10.2. The van der Waals surface area contributed by atoms with Crippen molar-refractivity contribution in [1.29, 1.82) is 0 Å². The Morgan fingerprint density at radius 3 is 2.65 bits per heavy atom. The largest absolute Gasteiger partial charge is 0.256 e. The average Bonchev–Trinajstić information content (AvgIpc) is 2.80. The summed E-state index contributed by atoms with van der Waals surface area (Å²) < 4.78 is 3.36. The second-order valence-corrected chi connectivity index (χ2v) is 4.95. The van der Waals surface area contributed by atoms with Gasteiger partial charge in [0.1, 0.15) is 10.8 Å². The molecule has 0 radical (unpaired) electrons. The van der Waals surface area contributed by atoms with Crippen molar-refractivity contribution in [2.45, 2.75) is 25.8 Å². The molecule has 0 aliphatic rings. The van der Waals surface area contributed by atoms with E-state index in [2.05, 4.69) is 15.4 Å². The fourth-order valence-corrected chi connectivity index (χ4v) is 1.92. The van der Waals surface area contributed by atoms with Gasteiger partial charge >= 0.3 is 0 Å². The summed E-state index contributed by atoms with van der Waals surface area (Å²) in [7, 11) is 1.81. The molecule has 5 nitrogen and oxygen atoms in total. The van der Waals surface area contributed by atoms with Gasteiger partial charge in [-0.25, -0.2) is 4.68 Å². The third kappa shape index (κ3) is 2.45. The van der Waals surface area contributed by atoms with Crippen molar-refractivity contribution in [3.05, 3.63) is 28.3 Å². The van der Waals surface area contributed by atoms with E-state index in [0.29, 0.717) is 11.7 Å². The molecule has 7 heteroatoms. The fourth-order valence-electron chi connectivity index (χ4n) is 1.59. The zero-order valence-electron chi connectivity index (χ0n) is 9.85. The second-order valence-electron chi connectivity index (χ2n) is 3.94. The lowest BCUT2D eigenvalue weighted by Gasteiger charge is -2.00. The quantitative estimate of drug-likeness (QED) is 0.807. The van der Waals surface area contributed by atoms with E-state index in [1.54, 1.807) is 9.36 Å². The predicted molar refractivity (Wildman–Crippen MR) is 66.3 cm³/mol. The minimum atomic E-state index is -0.144. The van der Waals surface area contributed by atoms with E-state index in [9.17, 15) is 0 Å². The summed E-state index contributed by atoms with van der Waals surface area (Å²) in [6.45, 7) is 4.33. The zero-order chi connectivity index (χ0) is 12.6. The molecule has 0 N–H and O–H groups in total. The molecule has 0 aromatic carbocycles. The van der Waals surface area contributed by atoms with Crippen LogP contribution in [-0.2, 0) is 13.6 Å². The van der Waals surface area contributed by atoms with Crippen molar-refractivity contribution in [3.8, 4) is 0 Å². The van der Waals surface area contributed by atoms with Gasteiger partial charge in [-0.2, -0.15) is 5.10 Å². The molecule has 17 heavy (non-hydrogen) atoms. The van der Waals surface area contributed by atoms with Crippen LogP contribution < -0.4 is 0 Å². The molecule has 0 fully saturated rings. The van der Waals surface area contributed by atoms with Crippen LogP contribution in [0.4, 0.5) is 0 Å². The molecule has 0 bridgehead atoms. The van der Waals surface area contributed by atoms with Gasteiger partial charge in [-0.15, -0.1) is 16.7 Å². The SMILES string of the molecule is Cc1nn(C)c(Cl)c1Cn1cc(C(C)Cl)nn1. The Hall–Kier alpha value is -1.07. The lowest BCUT2D eigenvalue weighted by Crippen LogP contribution is -2.01. The van der Waals surface area contributed by atoms with Crippen LogP contribution in [-0.4, -0.2) is 24.8 Å². The molecule has 1 atom stereocenters. The third-order valence-corrected chi connectivity index (χ3v) is 3.25. The van der Waals surface area contributed by atoms with Crippen molar-refractivity contribution >= 4 is 23.2 Å². The highest BCUT2D eigenvalue weighted by molar-refractivity contribution is 6.30. The highest BCUT2D eigenvalue weighted by atomic mass is 35.5. The minimum Gasteiger partial charge on any atom is -0.256 e. The van der Waals surface area contributed by atoms with E-state index in [1.807, 2.05) is 27.1 Å². The number of alkyl halides is 1. The molecule has 0 amide bonds. The molecular weight excluding hydrogens is 261 g/mol. The molecule has 2 aromatic rings. The van der Waals surface area contributed by atoms with Crippen LogP contribution in [0, 0.1) is 6.92 Å². The van der Waals surface area contributed by atoms with E-state index in [-0.39, 0.29) is 5.38 Å². The van der Waals surface area contributed by atoms with Crippen LogP contribution >= 0.6 is 23.2 Å². The van der Waals surface area contributed by atoms with Gasteiger partial charge < -0.3 is 0 Å². The summed E-state index contributed by atoms with van der Waals surface area (Å²) in [6, 6.07) is 0. The Bertz CT molecular complexity index is 529. The molecule has 0 aliphatic heterocycles. The fraction of sp³-hybridized carbons (Fsp3) is 0.500. The van der Waals surface area contributed by atoms with Gasteiger partial charge in [0, 0.05) is 12.6 Å². The summed E-state index contributed by atoms with van der Waals surface area (Å²) in [6.07, 6.45) is 1.82. The molecule has 2 heterocycles. The summed E-state index contributed by atoms with van der Waals surface area (Å²) >= 11 is 12.1. The molecule has 0 saturated carbocycles. The van der Waals surface area contributed by atoms with Crippen LogP contribution in [0.5, 0.6) is 0 Å². The second kappa shape index (κ2) is 4.66. The van der Waals surface area contributed by atoms with Gasteiger partial charge in [0.05, 0.1) is 23.8 Å². The monoisotopic (exact) mass is 273 g/mol. The first kappa shape index (κ1) is 12.4. The van der Waals surface area contributed by atoms with Crippen molar-refractivity contribution in [1.82, 2.24) is 24.8 Å². The van der Waals surface area contributed by atoms with Gasteiger partial charge in [-0.05, 0) is 13.8 Å². The third-order valence-electron chi connectivity index (χ3n) is 2.55. The molecule has 0 spiro atoms. The number of aryl methyl sites for hydroxylation is 2. The van der Waals surface area contributed by atoms with Crippen molar-refractivity contribution in [2.24, 2.45) is 7.05 Å². The maximum absolute atomic E-state index is 6.15. The van der Waals surface area contributed by atoms with Crippen molar-refractivity contribution < 1.29 is 0 Å². The van der Waals surface area contributed by atoms with Gasteiger partial charge in [-0.3, -0.25) is 4.68 Å². The number of rotatable bonds is 3. The van der Waals surface area contributed by atoms with Gasteiger partial charge in [0.2, 0.25) is 0 Å². The molecule has 2 rings (SSSR count). The van der Waals surface area contributed by atoms with E-state index in [1.165, 1.54) is 0 Å². The smallest absolute Gasteiger partial charge is 0.132 e. The molecule has 0 saturated heterocycles. The van der Waals surface area contributed by atoms with E-state index in [4.69, 9.17) is 23.2 Å². The van der Waals surface area contributed by atoms with E-state index >= 15 is 0 Å². The van der Waals surface area contributed by atoms with Crippen LogP contribution in [0.3, 0.4) is 0 Å². The van der Waals surface area contributed by atoms with Gasteiger partial charge in [-0.1, -0.05) is 16.8 Å². The first-order valence-corrected chi connectivity index (χ1v) is 6.02. The highest BCUT2D eigenvalue weighted by Gasteiger charge is 2.13. The number of hydrogen-bond acceptors (Lipinski definition) is 3. The van der Waals surface area contributed by atoms with Gasteiger partial charge in [0.15, 0.2) is 0 Å². The van der Waals surface area contributed by atoms with E-state index < -0.39 is 0 Å². The molecular formula is C10H13Cl2N5. The number of halogens is 2. The molecule has 0 aliphatic carbocycles. The summed E-state index contributed by atoms with van der Waals surface area (Å²) in [5, 5.41) is 12.7. The first-order chi connectivity index (χ1) is 7.99. The van der Waals surface area contributed by atoms with Crippen molar-refractivity contribution in [2.75, 3.05) is 0 Å². The van der Waals surface area contributed by atoms with Crippen LogP contribution in [0.1, 0.15) is 29.3 Å². The Labute approximate surface area is 109 Å². The molecule has 1 unspecified atom stereocenters. The zero-order valence-corrected chi connectivity index (χ0v) is 11.4. The number of hydrogen-bond donors (Lipinski definition) is 0. The lowest BCUT2D eigenvalue weighted by molar-refractivity contribution is 0.647. The number of aromatic nitrogens is 5. The minimum absolute atomic E-state index is 0.144. The summed E-state index contributed by atoms with van der Waals surface area (Å²) in [5.41, 5.74) is 2.60. The topological polar surface area (TPSA) is 48.5 Å². The maximum atomic E-state index is 6.15. The number of nitrogens with zero attached hydrogens (tertiary/aromatic N) is 5. The Morgan fingerprint density at radius 2 is 2.18 bits per heavy atom. The normalized spacial score (nSPS) is 13.0. The van der Waals surface area contributed by atoms with E-state index in [0.717, 1.165) is 17.0 Å². The Kier molecular flexibility index (Phi) is 3.40. The summed E-state index contributed by atoms with van der Waals surface area (Å²) in [5.74, 6) is 0. The Balaban J connectivity index is 2.25. The summed E-state index contributed by atoms with van der Waals surface area (Å²) in [4.78, 5) is 0. The molecule has 2 aromatic heterocycles. The predicted octanol–water partition coefficient (Wildman–Crippen LogP) is 2.32. The van der Waals surface area contributed by atoms with Crippen LogP contribution in [0.15, 0.2) is 6.20 Å². The van der Waals surface area contributed by atoms with Crippen LogP contribution in [0.2, 0.25) is 5.15 Å². The Morgan fingerprint density at radius 1 is 1.47 bits per heavy atom. The van der Waals surface area contributed by atoms with Crippen molar-refractivity contribution in [3.63, 3.8) is 0 Å². The van der Waals surface area contributed by atoms with Gasteiger partial charge in [0.25, 0.3) is 0 Å². The maximum Gasteiger partial charge on any atom is 0.132 e. The molecule has 92 valence electrons. The van der Waals surface area contributed by atoms with Crippen LogP contribution in [0.25, 0.3) is 0 Å². The first-order valence-electron chi connectivity index (χ1n) is 5.21. The highest BCUT2D eigenvalue weighted by Crippen LogP contribution is 2.20. The average molecular weight is 274 g/mol.